The van der Waals surface area contributed by atoms with Gasteiger partial charge in [-0.1, -0.05) is 5.16 Å². The maximum atomic E-state index is 8.21. The normalized spacial score (nSPS) is 11.5. The predicted octanol–water partition coefficient (Wildman–Crippen LogP) is -0.532. The minimum absolute atomic E-state index is 0.0543. The van der Waals surface area contributed by atoms with Gasteiger partial charge in [-0.2, -0.15) is 0 Å². The van der Waals surface area contributed by atoms with Crippen LogP contribution in [0.15, 0.2) is 21.8 Å². The molecule has 0 amide bonds. The van der Waals surface area contributed by atoms with E-state index in [0.29, 0.717) is 5.76 Å². The Kier molecular flexibility index (Phi) is 2.45. The Morgan fingerprint density at radius 1 is 1.91 bits per heavy atom. The van der Waals surface area contributed by atoms with Crippen LogP contribution in [0.3, 0.4) is 0 Å². The standard InChI is InChI=1S/C5H8N4O2/c6-5(9-10)7-3-4-1-2-8-11-4/h1-2,10H,3H2,(H3,6,7,9). The molecule has 0 aromatic carbocycles. The summed E-state index contributed by atoms with van der Waals surface area (Å²) in [5, 5.41) is 11.7. The summed E-state index contributed by atoms with van der Waals surface area (Å²) in [6.45, 7) is 0.263. The molecule has 6 nitrogen and oxygen atoms in total. The van der Waals surface area contributed by atoms with E-state index >= 15 is 0 Å². The third kappa shape index (κ3) is 2.26. The third-order valence-corrected chi connectivity index (χ3v) is 1.01. The minimum atomic E-state index is -0.0543. The summed E-state index contributed by atoms with van der Waals surface area (Å²) in [6, 6.07) is 1.66. The number of guanidine groups is 1. The van der Waals surface area contributed by atoms with Crippen molar-refractivity contribution in [3.8, 4) is 0 Å². The van der Waals surface area contributed by atoms with E-state index < -0.39 is 0 Å². The molecule has 0 spiro atoms. The quantitative estimate of drug-likeness (QED) is 0.304. The minimum Gasteiger partial charge on any atom is -0.368 e. The van der Waals surface area contributed by atoms with Gasteiger partial charge < -0.3 is 10.3 Å². The molecular weight excluding hydrogens is 148 g/mol. The second-order valence-corrected chi connectivity index (χ2v) is 1.79. The fraction of sp³-hybridized carbons (Fsp3) is 0.200. The van der Waals surface area contributed by atoms with Crippen LogP contribution in [0.2, 0.25) is 0 Å². The molecule has 1 aromatic rings. The van der Waals surface area contributed by atoms with Gasteiger partial charge in [-0.15, -0.1) is 0 Å². The van der Waals surface area contributed by atoms with Gasteiger partial charge in [-0.05, 0) is 0 Å². The molecule has 0 atom stereocenters. The molecule has 1 aromatic heterocycles. The zero-order chi connectivity index (χ0) is 8.10. The van der Waals surface area contributed by atoms with Crippen LogP contribution in [0.1, 0.15) is 5.76 Å². The van der Waals surface area contributed by atoms with E-state index in [1.165, 1.54) is 6.20 Å². The molecule has 0 radical (unpaired) electrons. The van der Waals surface area contributed by atoms with Crippen molar-refractivity contribution in [1.29, 1.82) is 0 Å². The van der Waals surface area contributed by atoms with E-state index in [4.69, 9.17) is 15.5 Å². The van der Waals surface area contributed by atoms with Crippen molar-refractivity contribution in [2.24, 2.45) is 10.7 Å². The number of nitrogens with two attached hydrogens (primary N) is 1. The van der Waals surface area contributed by atoms with Crippen LogP contribution in [0.25, 0.3) is 0 Å². The van der Waals surface area contributed by atoms with Crippen molar-refractivity contribution in [3.05, 3.63) is 18.0 Å². The number of aromatic nitrogens is 1. The van der Waals surface area contributed by atoms with Crippen LogP contribution in [0.5, 0.6) is 0 Å². The summed E-state index contributed by atoms with van der Waals surface area (Å²) in [5.74, 6) is 0.532. The number of hydrogen-bond donors (Lipinski definition) is 3. The molecule has 4 N–H and O–H groups in total. The number of nitrogens with zero attached hydrogens (tertiary/aromatic N) is 2. The van der Waals surface area contributed by atoms with Crippen molar-refractivity contribution in [2.45, 2.75) is 6.54 Å². The first kappa shape index (κ1) is 7.55. The van der Waals surface area contributed by atoms with Gasteiger partial charge in [-0.3, -0.25) is 5.21 Å². The molecule has 60 valence electrons. The highest BCUT2D eigenvalue weighted by Crippen LogP contribution is 1.97. The van der Waals surface area contributed by atoms with Gasteiger partial charge in [0.15, 0.2) is 5.76 Å². The highest BCUT2D eigenvalue weighted by Gasteiger charge is 1.94. The molecule has 0 aliphatic rings. The lowest BCUT2D eigenvalue weighted by Gasteiger charge is -1.93. The zero-order valence-corrected chi connectivity index (χ0v) is 5.69. The van der Waals surface area contributed by atoms with E-state index in [1.54, 1.807) is 11.5 Å². The summed E-state index contributed by atoms with van der Waals surface area (Å²) >= 11 is 0. The predicted molar refractivity (Wildman–Crippen MR) is 36.8 cm³/mol. The van der Waals surface area contributed by atoms with Gasteiger partial charge in [0.25, 0.3) is 0 Å². The molecular formula is C5H8N4O2. The maximum absolute atomic E-state index is 8.21. The lowest BCUT2D eigenvalue weighted by molar-refractivity contribution is 0.232. The highest BCUT2D eigenvalue weighted by atomic mass is 16.5. The van der Waals surface area contributed by atoms with Crippen LogP contribution in [-0.2, 0) is 6.54 Å². The van der Waals surface area contributed by atoms with Crippen LogP contribution >= 0.6 is 0 Å². The lowest BCUT2D eigenvalue weighted by Crippen LogP contribution is -2.28. The molecule has 0 bridgehead atoms. The Morgan fingerprint density at radius 3 is 3.27 bits per heavy atom. The van der Waals surface area contributed by atoms with E-state index in [9.17, 15) is 0 Å². The monoisotopic (exact) mass is 156 g/mol. The molecule has 0 saturated heterocycles. The Morgan fingerprint density at radius 2 is 2.73 bits per heavy atom. The second-order valence-electron chi connectivity index (χ2n) is 1.79. The van der Waals surface area contributed by atoms with Crippen molar-refractivity contribution >= 4 is 5.96 Å². The summed E-state index contributed by atoms with van der Waals surface area (Å²) in [4.78, 5) is 3.68. The first-order valence-electron chi connectivity index (χ1n) is 2.92. The summed E-state index contributed by atoms with van der Waals surface area (Å²) in [7, 11) is 0. The van der Waals surface area contributed by atoms with Gasteiger partial charge >= 0.3 is 0 Å². The van der Waals surface area contributed by atoms with E-state index in [-0.39, 0.29) is 12.5 Å². The van der Waals surface area contributed by atoms with Gasteiger partial charge in [0, 0.05) is 6.07 Å². The molecule has 0 aliphatic carbocycles. The SMILES string of the molecule is NC(=NCc1ccno1)NO. The van der Waals surface area contributed by atoms with Crippen molar-refractivity contribution in [1.82, 2.24) is 10.6 Å². The fourth-order valence-electron chi connectivity index (χ4n) is 0.522. The molecule has 1 rings (SSSR count). The topological polar surface area (TPSA) is 96.7 Å². The number of rotatable bonds is 2. The molecule has 11 heavy (non-hydrogen) atoms. The zero-order valence-electron chi connectivity index (χ0n) is 5.69. The number of hydroxylamine groups is 1. The van der Waals surface area contributed by atoms with E-state index in [0.717, 1.165) is 0 Å². The van der Waals surface area contributed by atoms with Crippen LogP contribution in [-0.4, -0.2) is 16.3 Å². The largest absolute Gasteiger partial charge is 0.368 e. The Bertz CT molecular complexity index is 231. The third-order valence-electron chi connectivity index (χ3n) is 1.01. The summed E-state index contributed by atoms with van der Waals surface area (Å²) < 4.78 is 4.71. The van der Waals surface area contributed by atoms with Crippen LogP contribution in [0.4, 0.5) is 0 Å². The average molecular weight is 156 g/mol. The number of nitrogens with one attached hydrogen (secondary N) is 1. The van der Waals surface area contributed by atoms with Gasteiger partial charge in [0.2, 0.25) is 5.96 Å². The molecule has 0 fully saturated rings. The maximum Gasteiger partial charge on any atom is 0.213 e. The average Bonchev–Trinajstić information content (AvgIpc) is 2.52. The Hall–Kier alpha value is -1.56. The first-order valence-corrected chi connectivity index (χ1v) is 2.92. The van der Waals surface area contributed by atoms with Gasteiger partial charge in [-0.25, -0.2) is 10.5 Å². The van der Waals surface area contributed by atoms with E-state index in [1.807, 2.05) is 0 Å². The molecule has 0 saturated carbocycles. The molecule has 1 heterocycles. The molecule has 0 aliphatic heterocycles. The van der Waals surface area contributed by atoms with Crippen LogP contribution < -0.4 is 11.2 Å². The second kappa shape index (κ2) is 3.57. The number of hydrogen-bond acceptors (Lipinski definition) is 4. The Balaban J connectivity index is 2.45. The fourth-order valence-corrected chi connectivity index (χ4v) is 0.522. The van der Waals surface area contributed by atoms with Crippen molar-refractivity contribution in [2.75, 3.05) is 0 Å². The van der Waals surface area contributed by atoms with Crippen molar-refractivity contribution in [3.63, 3.8) is 0 Å². The van der Waals surface area contributed by atoms with E-state index in [2.05, 4.69) is 10.1 Å². The highest BCUT2D eigenvalue weighted by molar-refractivity contribution is 5.76. The molecule has 0 unspecified atom stereocenters. The van der Waals surface area contributed by atoms with Crippen molar-refractivity contribution < 1.29 is 9.73 Å². The lowest BCUT2D eigenvalue weighted by atomic mass is 10.5. The summed E-state index contributed by atoms with van der Waals surface area (Å²) in [5.41, 5.74) is 6.81. The Labute approximate surface area is 62.7 Å². The smallest absolute Gasteiger partial charge is 0.213 e. The number of aliphatic imine (C=N–C) groups is 1. The van der Waals surface area contributed by atoms with Crippen LogP contribution in [0, 0.1) is 0 Å². The van der Waals surface area contributed by atoms with Gasteiger partial charge in [0.05, 0.1) is 6.20 Å². The summed E-state index contributed by atoms with van der Waals surface area (Å²) in [6.07, 6.45) is 1.51. The van der Waals surface area contributed by atoms with Gasteiger partial charge in [0.1, 0.15) is 6.54 Å². The molecule has 6 heteroatoms. The first-order chi connectivity index (χ1) is 5.33.